The van der Waals surface area contributed by atoms with Crippen molar-refractivity contribution in [3.63, 3.8) is 0 Å². The Bertz CT molecular complexity index is 765. The number of likely N-dealkylation sites (tertiary alicyclic amines) is 1. The van der Waals surface area contributed by atoms with Gasteiger partial charge in [-0.2, -0.15) is 0 Å². The highest BCUT2D eigenvalue weighted by Gasteiger charge is 2.37. The molecule has 2 aliphatic heterocycles. The molecule has 0 bridgehead atoms. The number of fused-ring (bicyclic) bond motifs is 1. The lowest BCUT2D eigenvalue weighted by Gasteiger charge is -2.42. The van der Waals surface area contributed by atoms with Crippen LogP contribution >= 0.6 is 23.1 Å². The van der Waals surface area contributed by atoms with Crippen molar-refractivity contribution in [2.45, 2.75) is 25.3 Å². The van der Waals surface area contributed by atoms with Gasteiger partial charge in [-0.25, -0.2) is 9.97 Å². The first-order valence-corrected chi connectivity index (χ1v) is 10.1. The minimum Gasteiger partial charge on any atom is -0.381 e. The van der Waals surface area contributed by atoms with Crippen LogP contribution in [0.15, 0.2) is 11.4 Å². The van der Waals surface area contributed by atoms with Crippen molar-refractivity contribution in [1.82, 2.24) is 14.9 Å². The number of thiophene rings is 1. The van der Waals surface area contributed by atoms with Gasteiger partial charge in [0, 0.05) is 36.6 Å². The Morgan fingerprint density at radius 1 is 1.38 bits per heavy atom. The van der Waals surface area contributed by atoms with Crippen molar-refractivity contribution in [2.24, 2.45) is 11.8 Å². The Morgan fingerprint density at radius 2 is 2.21 bits per heavy atom. The van der Waals surface area contributed by atoms with Gasteiger partial charge in [0.05, 0.1) is 5.75 Å². The SMILES string of the molecule is Cc1sc2ncnc(SCC(=O)N3CC(C4CCOC4)C3)c2c1C. The monoisotopic (exact) mass is 363 g/mol. The van der Waals surface area contributed by atoms with E-state index in [1.165, 1.54) is 22.2 Å². The maximum Gasteiger partial charge on any atom is 0.233 e. The molecule has 0 radical (unpaired) electrons. The van der Waals surface area contributed by atoms with Gasteiger partial charge < -0.3 is 9.64 Å². The topological polar surface area (TPSA) is 55.3 Å². The summed E-state index contributed by atoms with van der Waals surface area (Å²) in [4.78, 5) is 25.4. The summed E-state index contributed by atoms with van der Waals surface area (Å²) in [6.45, 7) is 7.75. The number of amides is 1. The van der Waals surface area contributed by atoms with E-state index in [4.69, 9.17) is 4.74 Å². The first-order chi connectivity index (χ1) is 11.6. The van der Waals surface area contributed by atoms with Crippen molar-refractivity contribution < 1.29 is 9.53 Å². The molecule has 0 aromatic carbocycles. The van der Waals surface area contributed by atoms with Crippen LogP contribution in [0.5, 0.6) is 0 Å². The second kappa shape index (κ2) is 6.61. The Labute approximate surface area is 149 Å². The first kappa shape index (κ1) is 16.3. The normalized spacial score (nSPS) is 21.4. The summed E-state index contributed by atoms with van der Waals surface area (Å²) in [6.07, 6.45) is 2.75. The molecular formula is C17H21N3O2S2. The molecule has 128 valence electrons. The average molecular weight is 364 g/mol. The smallest absolute Gasteiger partial charge is 0.233 e. The van der Waals surface area contributed by atoms with Crippen molar-refractivity contribution in [3.05, 3.63) is 16.8 Å². The number of aryl methyl sites for hydroxylation is 2. The summed E-state index contributed by atoms with van der Waals surface area (Å²) in [5.74, 6) is 1.95. The molecule has 2 saturated heterocycles. The fourth-order valence-corrected chi connectivity index (χ4v) is 5.44. The number of rotatable bonds is 4. The van der Waals surface area contributed by atoms with E-state index >= 15 is 0 Å². The molecule has 2 aromatic rings. The molecule has 2 aromatic heterocycles. The van der Waals surface area contributed by atoms with Gasteiger partial charge in [0.2, 0.25) is 5.91 Å². The van der Waals surface area contributed by atoms with E-state index in [0.717, 1.165) is 48.0 Å². The lowest BCUT2D eigenvalue weighted by molar-refractivity contribution is -0.135. The van der Waals surface area contributed by atoms with Crippen LogP contribution in [-0.2, 0) is 9.53 Å². The Kier molecular flexibility index (Phi) is 4.49. The fourth-order valence-electron chi connectivity index (χ4n) is 3.42. The van der Waals surface area contributed by atoms with Gasteiger partial charge in [0.25, 0.3) is 0 Å². The summed E-state index contributed by atoms with van der Waals surface area (Å²) in [5.41, 5.74) is 1.23. The number of carbonyl (C=O) groups is 1. The van der Waals surface area contributed by atoms with Crippen molar-refractivity contribution in [3.8, 4) is 0 Å². The second-order valence-corrected chi connectivity index (χ2v) is 8.78. The molecule has 1 amide bonds. The predicted octanol–water partition coefficient (Wildman–Crippen LogP) is 2.90. The van der Waals surface area contributed by atoms with Crippen LogP contribution in [0.4, 0.5) is 0 Å². The highest BCUT2D eigenvalue weighted by molar-refractivity contribution is 8.00. The minimum absolute atomic E-state index is 0.214. The molecule has 1 unspecified atom stereocenters. The zero-order chi connectivity index (χ0) is 16.7. The number of thioether (sulfide) groups is 1. The van der Waals surface area contributed by atoms with Crippen LogP contribution in [0, 0.1) is 25.7 Å². The lowest BCUT2D eigenvalue weighted by Crippen LogP contribution is -2.53. The number of ether oxygens (including phenoxy) is 1. The third-order valence-corrected chi connectivity index (χ3v) is 7.25. The molecule has 2 fully saturated rings. The van der Waals surface area contributed by atoms with Crippen LogP contribution in [0.1, 0.15) is 16.9 Å². The van der Waals surface area contributed by atoms with Gasteiger partial charge in [-0.1, -0.05) is 11.8 Å². The fraction of sp³-hybridized carbons (Fsp3) is 0.588. The van der Waals surface area contributed by atoms with Crippen LogP contribution in [0.3, 0.4) is 0 Å². The highest BCUT2D eigenvalue weighted by Crippen LogP contribution is 2.35. The molecule has 0 N–H and O–H groups in total. The van der Waals surface area contributed by atoms with Crippen molar-refractivity contribution >= 4 is 39.2 Å². The number of carbonyl (C=O) groups excluding carboxylic acids is 1. The minimum atomic E-state index is 0.214. The van der Waals surface area contributed by atoms with E-state index in [1.807, 2.05) is 4.90 Å². The zero-order valence-corrected chi connectivity index (χ0v) is 15.6. The van der Waals surface area contributed by atoms with Gasteiger partial charge in [-0.15, -0.1) is 11.3 Å². The second-order valence-electron chi connectivity index (χ2n) is 6.61. The van der Waals surface area contributed by atoms with Crippen molar-refractivity contribution in [2.75, 3.05) is 32.1 Å². The van der Waals surface area contributed by atoms with Crippen LogP contribution in [0.25, 0.3) is 10.2 Å². The Balaban J connectivity index is 1.36. The van der Waals surface area contributed by atoms with E-state index in [1.54, 1.807) is 17.7 Å². The number of hydrogen-bond acceptors (Lipinski definition) is 6. The van der Waals surface area contributed by atoms with Gasteiger partial charge in [0.15, 0.2) is 0 Å². The standard InChI is InChI=1S/C17H21N3O2S2/c1-10-11(2)24-17-15(10)16(18-9-19-17)23-8-14(21)20-5-13(6-20)12-3-4-22-7-12/h9,12-13H,3-8H2,1-2H3. The molecule has 24 heavy (non-hydrogen) atoms. The van der Waals surface area contributed by atoms with E-state index in [-0.39, 0.29) is 5.91 Å². The number of hydrogen-bond donors (Lipinski definition) is 0. The van der Waals surface area contributed by atoms with Gasteiger partial charge in [-0.05, 0) is 37.7 Å². The Morgan fingerprint density at radius 3 is 2.96 bits per heavy atom. The Hall–Kier alpha value is -1.18. The largest absolute Gasteiger partial charge is 0.381 e. The van der Waals surface area contributed by atoms with E-state index in [9.17, 15) is 4.79 Å². The summed E-state index contributed by atoms with van der Waals surface area (Å²) in [5, 5.41) is 2.04. The molecule has 7 heteroatoms. The van der Waals surface area contributed by atoms with Crippen LogP contribution < -0.4 is 0 Å². The number of aromatic nitrogens is 2. The molecule has 0 spiro atoms. The third kappa shape index (κ3) is 2.93. The lowest BCUT2D eigenvalue weighted by atomic mass is 9.85. The van der Waals surface area contributed by atoms with E-state index < -0.39 is 0 Å². The molecule has 2 aliphatic rings. The average Bonchev–Trinajstić information content (AvgIpc) is 3.13. The zero-order valence-electron chi connectivity index (χ0n) is 13.9. The molecule has 5 nitrogen and oxygen atoms in total. The van der Waals surface area contributed by atoms with Gasteiger partial charge in [-0.3, -0.25) is 4.79 Å². The van der Waals surface area contributed by atoms with E-state index in [0.29, 0.717) is 17.6 Å². The molecule has 0 saturated carbocycles. The maximum absolute atomic E-state index is 12.4. The van der Waals surface area contributed by atoms with Gasteiger partial charge in [0.1, 0.15) is 16.2 Å². The molecule has 4 rings (SSSR count). The summed E-state index contributed by atoms with van der Waals surface area (Å²) in [6, 6.07) is 0. The third-order valence-electron chi connectivity index (χ3n) is 5.16. The van der Waals surface area contributed by atoms with E-state index in [2.05, 4.69) is 23.8 Å². The van der Waals surface area contributed by atoms with Crippen LogP contribution in [-0.4, -0.2) is 52.8 Å². The summed E-state index contributed by atoms with van der Waals surface area (Å²) < 4.78 is 5.45. The molecular weight excluding hydrogens is 342 g/mol. The molecule has 1 atom stereocenters. The van der Waals surface area contributed by atoms with Crippen LogP contribution in [0.2, 0.25) is 0 Å². The summed E-state index contributed by atoms with van der Waals surface area (Å²) in [7, 11) is 0. The highest BCUT2D eigenvalue weighted by atomic mass is 32.2. The molecule has 0 aliphatic carbocycles. The first-order valence-electron chi connectivity index (χ1n) is 8.32. The maximum atomic E-state index is 12.4. The molecule has 4 heterocycles. The number of nitrogens with zero attached hydrogens (tertiary/aromatic N) is 3. The summed E-state index contributed by atoms with van der Waals surface area (Å²) >= 11 is 3.23. The van der Waals surface area contributed by atoms with Gasteiger partial charge >= 0.3 is 0 Å². The van der Waals surface area contributed by atoms with Crippen molar-refractivity contribution in [1.29, 1.82) is 0 Å². The quantitative estimate of drug-likeness (QED) is 0.617. The predicted molar refractivity (Wildman–Crippen MR) is 96.6 cm³/mol.